The Morgan fingerprint density at radius 3 is 2.50 bits per heavy atom. The molecular formula is C27H24ClN3O3. The van der Waals surface area contributed by atoms with Gasteiger partial charge in [0.15, 0.2) is 5.78 Å². The van der Waals surface area contributed by atoms with Crippen LogP contribution in [0, 0.1) is 0 Å². The standard InChI is InChI=1S/C27H24ClN3O3/c1-34-20-15-13-19(14-16-20)29-27(33)31-23-7-3-2-5-21(23)30-22-6-4-8-24(32)25(22)26(31)17-9-11-18(28)12-10-17/h2-3,5,7,9-16,26,30H,4,6,8H2,1H3,(H,29,33). The second kappa shape index (κ2) is 9.23. The van der Waals surface area contributed by atoms with Gasteiger partial charge in [0, 0.05) is 28.4 Å². The first-order chi connectivity index (χ1) is 16.5. The number of anilines is 3. The predicted octanol–water partition coefficient (Wildman–Crippen LogP) is 6.56. The van der Waals surface area contributed by atoms with Crippen LogP contribution in [-0.4, -0.2) is 18.9 Å². The zero-order chi connectivity index (χ0) is 23.7. The summed E-state index contributed by atoms with van der Waals surface area (Å²) in [5.74, 6) is 0.743. The summed E-state index contributed by atoms with van der Waals surface area (Å²) in [4.78, 5) is 28.8. The average Bonchev–Trinajstić information content (AvgIpc) is 3.00. The van der Waals surface area contributed by atoms with Gasteiger partial charge in [-0.25, -0.2) is 4.79 Å². The number of carbonyl (C=O) groups is 2. The minimum absolute atomic E-state index is 0.0451. The Labute approximate surface area is 203 Å². The average molecular weight is 474 g/mol. The van der Waals surface area contributed by atoms with E-state index in [-0.39, 0.29) is 11.8 Å². The van der Waals surface area contributed by atoms with Gasteiger partial charge in [0.2, 0.25) is 0 Å². The van der Waals surface area contributed by atoms with Gasteiger partial charge in [-0.05, 0) is 66.9 Å². The number of halogens is 1. The number of urea groups is 1. The largest absolute Gasteiger partial charge is 0.497 e. The highest BCUT2D eigenvalue weighted by atomic mass is 35.5. The summed E-state index contributed by atoms with van der Waals surface area (Å²) >= 11 is 6.17. The molecule has 34 heavy (non-hydrogen) atoms. The molecule has 172 valence electrons. The van der Waals surface area contributed by atoms with Gasteiger partial charge in [0.25, 0.3) is 0 Å². The Morgan fingerprint density at radius 1 is 1.03 bits per heavy atom. The number of nitrogens with zero attached hydrogens (tertiary/aromatic N) is 1. The summed E-state index contributed by atoms with van der Waals surface area (Å²) in [7, 11) is 1.60. The molecule has 0 spiro atoms. The van der Waals surface area contributed by atoms with E-state index in [1.807, 2.05) is 36.4 Å². The molecule has 0 bridgehead atoms. The number of ketones is 1. The molecule has 0 saturated heterocycles. The molecule has 0 radical (unpaired) electrons. The highest BCUT2D eigenvalue weighted by Crippen LogP contribution is 2.45. The lowest BCUT2D eigenvalue weighted by Gasteiger charge is -2.34. The maximum Gasteiger partial charge on any atom is 0.327 e. The number of carbonyl (C=O) groups excluding carboxylic acids is 2. The van der Waals surface area contributed by atoms with Crippen LogP contribution in [0.3, 0.4) is 0 Å². The molecule has 0 aromatic heterocycles. The zero-order valence-corrected chi connectivity index (χ0v) is 19.4. The number of Topliss-reactive ketones (excluding diaryl/α,β-unsaturated/α-hetero) is 1. The van der Waals surface area contributed by atoms with Gasteiger partial charge < -0.3 is 15.4 Å². The highest BCUT2D eigenvalue weighted by Gasteiger charge is 2.39. The van der Waals surface area contributed by atoms with E-state index in [0.717, 1.165) is 29.8 Å². The van der Waals surface area contributed by atoms with Crippen molar-refractivity contribution in [3.63, 3.8) is 0 Å². The molecule has 1 aliphatic carbocycles. The molecule has 3 aromatic rings. The van der Waals surface area contributed by atoms with E-state index in [0.29, 0.717) is 34.1 Å². The first-order valence-electron chi connectivity index (χ1n) is 11.2. The summed E-state index contributed by atoms with van der Waals surface area (Å²) in [6.45, 7) is 0. The third-order valence-corrected chi connectivity index (χ3v) is 6.43. The molecule has 0 saturated carbocycles. The molecule has 0 fully saturated rings. The number of para-hydroxylation sites is 2. The van der Waals surface area contributed by atoms with Crippen molar-refractivity contribution in [3.8, 4) is 5.75 Å². The lowest BCUT2D eigenvalue weighted by Crippen LogP contribution is -2.40. The number of hydrogen-bond donors (Lipinski definition) is 2. The number of rotatable bonds is 3. The van der Waals surface area contributed by atoms with Crippen LogP contribution >= 0.6 is 11.6 Å². The number of amides is 2. The first-order valence-corrected chi connectivity index (χ1v) is 11.5. The molecule has 2 N–H and O–H groups in total. The Kier molecular flexibility index (Phi) is 5.99. The molecular weight excluding hydrogens is 450 g/mol. The molecule has 1 heterocycles. The van der Waals surface area contributed by atoms with Crippen LogP contribution < -0.4 is 20.3 Å². The Hall–Kier alpha value is -3.77. The number of hydrogen-bond acceptors (Lipinski definition) is 4. The maximum atomic E-state index is 13.9. The van der Waals surface area contributed by atoms with Crippen LogP contribution in [-0.2, 0) is 4.79 Å². The summed E-state index contributed by atoms with van der Waals surface area (Å²) in [5, 5.41) is 7.05. The lowest BCUT2D eigenvalue weighted by molar-refractivity contribution is -0.116. The molecule has 6 nitrogen and oxygen atoms in total. The molecule has 5 rings (SSSR count). The van der Waals surface area contributed by atoms with E-state index in [9.17, 15) is 9.59 Å². The summed E-state index contributed by atoms with van der Waals surface area (Å²) in [6, 6.07) is 21.1. The number of methoxy groups -OCH3 is 1. The van der Waals surface area contributed by atoms with Crippen molar-refractivity contribution in [2.45, 2.75) is 25.3 Å². The minimum atomic E-state index is -0.602. The van der Waals surface area contributed by atoms with Crippen molar-refractivity contribution in [2.24, 2.45) is 0 Å². The van der Waals surface area contributed by atoms with Crippen LogP contribution in [0.5, 0.6) is 5.75 Å². The zero-order valence-electron chi connectivity index (χ0n) is 18.7. The second-order valence-electron chi connectivity index (χ2n) is 8.29. The fourth-order valence-electron chi connectivity index (χ4n) is 4.58. The molecule has 1 atom stereocenters. The van der Waals surface area contributed by atoms with Crippen LogP contribution in [0.4, 0.5) is 21.9 Å². The maximum absolute atomic E-state index is 13.9. The third kappa shape index (κ3) is 4.13. The summed E-state index contributed by atoms with van der Waals surface area (Å²) in [5.41, 5.74) is 4.40. The molecule has 1 unspecified atom stereocenters. The second-order valence-corrected chi connectivity index (χ2v) is 8.73. The van der Waals surface area contributed by atoms with Crippen molar-refractivity contribution < 1.29 is 14.3 Å². The van der Waals surface area contributed by atoms with Crippen molar-refractivity contribution in [3.05, 3.63) is 94.7 Å². The number of fused-ring (bicyclic) bond motifs is 1. The van der Waals surface area contributed by atoms with E-state index in [2.05, 4.69) is 10.6 Å². The van der Waals surface area contributed by atoms with Gasteiger partial charge in [-0.3, -0.25) is 9.69 Å². The Morgan fingerprint density at radius 2 is 1.76 bits per heavy atom. The number of benzene rings is 3. The van der Waals surface area contributed by atoms with Gasteiger partial charge in [-0.2, -0.15) is 0 Å². The van der Waals surface area contributed by atoms with Gasteiger partial charge in [-0.15, -0.1) is 0 Å². The number of nitrogens with one attached hydrogen (secondary N) is 2. The summed E-state index contributed by atoms with van der Waals surface area (Å²) in [6.07, 6.45) is 1.97. The van der Waals surface area contributed by atoms with Gasteiger partial charge >= 0.3 is 6.03 Å². The van der Waals surface area contributed by atoms with Crippen LogP contribution in [0.25, 0.3) is 0 Å². The normalized spacial score (nSPS) is 17.3. The van der Waals surface area contributed by atoms with Crippen molar-refractivity contribution in [2.75, 3.05) is 22.6 Å². The monoisotopic (exact) mass is 473 g/mol. The van der Waals surface area contributed by atoms with E-state index < -0.39 is 6.04 Å². The molecule has 2 aliphatic rings. The molecule has 7 heteroatoms. The van der Waals surface area contributed by atoms with Crippen LogP contribution in [0.15, 0.2) is 84.1 Å². The highest BCUT2D eigenvalue weighted by molar-refractivity contribution is 6.30. The van der Waals surface area contributed by atoms with Crippen LogP contribution in [0.1, 0.15) is 30.9 Å². The minimum Gasteiger partial charge on any atom is -0.497 e. The van der Waals surface area contributed by atoms with Crippen LogP contribution in [0.2, 0.25) is 5.02 Å². The molecule has 2 amide bonds. The van der Waals surface area contributed by atoms with Gasteiger partial charge in [0.1, 0.15) is 5.75 Å². The molecule has 3 aromatic carbocycles. The van der Waals surface area contributed by atoms with Crippen molar-refractivity contribution in [1.82, 2.24) is 0 Å². The summed E-state index contributed by atoms with van der Waals surface area (Å²) < 4.78 is 5.22. The van der Waals surface area contributed by atoms with E-state index >= 15 is 0 Å². The molecule has 1 aliphatic heterocycles. The first kappa shape index (κ1) is 22.0. The topological polar surface area (TPSA) is 70.7 Å². The predicted molar refractivity (Wildman–Crippen MR) is 135 cm³/mol. The van der Waals surface area contributed by atoms with Gasteiger partial charge in [0.05, 0.1) is 24.5 Å². The van der Waals surface area contributed by atoms with Gasteiger partial charge in [-0.1, -0.05) is 35.9 Å². The van der Waals surface area contributed by atoms with Crippen molar-refractivity contribution in [1.29, 1.82) is 0 Å². The third-order valence-electron chi connectivity index (χ3n) is 6.18. The van der Waals surface area contributed by atoms with E-state index in [4.69, 9.17) is 16.3 Å². The lowest BCUT2D eigenvalue weighted by atomic mass is 9.86. The van der Waals surface area contributed by atoms with E-state index in [1.54, 1.807) is 48.4 Å². The Balaban J connectivity index is 1.66. The number of allylic oxidation sites excluding steroid dienone is 1. The quantitative estimate of drug-likeness (QED) is 0.452. The smallest absolute Gasteiger partial charge is 0.327 e. The van der Waals surface area contributed by atoms with Crippen molar-refractivity contribution >= 4 is 40.5 Å². The fraction of sp³-hybridized carbons (Fsp3) is 0.185. The van der Waals surface area contributed by atoms with E-state index in [1.165, 1.54) is 0 Å². The Bertz CT molecular complexity index is 1270. The SMILES string of the molecule is COc1ccc(NC(=O)N2c3ccccc3NC3=C(C(=O)CCC3)C2c2ccc(Cl)cc2)cc1. The fourth-order valence-corrected chi connectivity index (χ4v) is 4.70. The number of ether oxygens (including phenoxy) is 1.